The topological polar surface area (TPSA) is 73.6 Å². The van der Waals surface area contributed by atoms with Gasteiger partial charge in [-0.3, -0.25) is 4.79 Å². The van der Waals surface area contributed by atoms with Gasteiger partial charge in [-0.2, -0.15) is 13.2 Å². The first-order valence-electron chi connectivity index (χ1n) is 7.91. The largest absolute Gasteiger partial charge is 0.454 e. The van der Waals surface area contributed by atoms with Crippen molar-refractivity contribution in [3.8, 4) is 11.5 Å². The summed E-state index contributed by atoms with van der Waals surface area (Å²) in [7, 11) is 0. The molecule has 26 heavy (non-hydrogen) atoms. The molecule has 1 aliphatic heterocycles. The molecule has 2 aromatic rings. The number of anilines is 2. The van der Waals surface area contributed by atoms with Crippen LogP contribution in [0.5, 0.6) is 11.5 Å². The summed E-state index contributed by atoms with van der Waals surface area (Å²) in [6.45, 7) is 1.64. The lowest BCUT2D eigenvalue weighted by Gasteiger charge is -2.18. The zero-order valence-electron chi connectivity index (χ0n) is 13.9. The molecular formula is C18H17F3N2O3. The van der Waals surface area contributed by atoms with Crippen molar-refractivity contribution in [2.75, 3.05) is 17.8 Å². The Labute approximate surface area is 147 Å². The van der Waals surface area contributed by atoms with Crippen LogP contribution in [0.2, 0.25) is 0 Å². The van der Waals surface area contributed by atoms with Gasteiger partial charge in [0, 0.05) is 18.6 Å². The second-order valence-electron chi connectivity index (χ2n) is 6.03. The normalized spacial score (nSPS) is 14.2. The summed E-state index contributed by atoms with van der Waals surface area (Å²) >= 11 is 0. The Morgan fingerprint density at radius 3 is 2.58 bits per heavy atom. The van der Waals surface area contributed by atoms with Crippen molar-refractivity contribution in [3.63, 3.8) is 0 Å². The van der Waals surface area contributed by atoms with Crippen LogP contribution in [0.1, 0.15) is 30.4 Å². The monoisotopic (exact) mass is 366 g/mol. The Hall–Kier alpha value is -2.90. The van der Waals surface area contributed by atoms with Crippen molar-refractivity contribution < 1.29 is 27.4 Å². The number of nitrogens with two attached hydrogens (primary N) is 1. The van der Waals surface area contributed by atoms with Crippen LogP contribution in [0.3, 0.4) is 0 Å². The lowest BCUT2D eigenvalue weighted by Crippen LogP contribution is -2.17. The van der Waals surface area contributed by atoms with Crippen molar-refractivity contribution >= 4 is 17.3 Å². The number of fused-ring (bicyclic) bond motifs is 1. The summed E-state index contributed by atoms with van der Waals surface area (Å²) in [6.07, 6.45) is -4.59. The van der Waals surface area contributed by atoms with E-state index in [0.717, 1.165) is 6.07 Å². The van der Waals surface area contributed by atoms with Crippen molar-refractivity contribution in [1.82, 2.24) is 0 Å². The smallest absolute Gasteiger partial charge is 0.416 e. The highest BCUT2D eigenvalue weighted by Crippen LogP contribution is 2.39. The molecule has 0 saturated heterocycles. The first-order chi connectivity index (χ1) is 12.3. The van der Waals surface area contributed by atoms with Crippen molar-refractivity contribution in [2.24, 2.45) is 0 Å². The third kappa shape index (κ3) is 3.68. The quantitative estimate of drug-likeness (QED) is 0.798. The van der Waals surface area contributed by atoms with Gasteiger partial charge in [-0.1, -0.05) is 25.1 Å². The summed E-state index contributed by atoms with van der Waals surface area (Å²) in [5.41, 5.74) is 5.82. The van der Waals surface area contributed by atoms with E-state index in [2.05, 4.69) is 5.32 Å². The van der Waals surface area contributed by atoms with E-state index in [1.54, 1.807) is 6.92 Å². The number of nitrogens with one attached hydrogen (secondary N) is 1. The fraction of sp³-hybridized carbons (Fsp3) is 0.278. The van der Waals surface area contributed by atoms with Gasteiger partial charge < -0.3 is 20.5 Å². The maximum absolute atomic E-state index is 13.1. The molecule has 0 saturated carbocycles. The van der Waals surface area contributed by atoms with E-state index in [1.807, 2.05) is 0 Å². The van der Waals surface area contributed by atoms with Gasteiger partial charge in [0.1, 0.15) is 0 Å². The molecule has 1 heterocycles. The third-order valence-electron chi connectivity index (χ3n) is 4.11. The summed E-state index contributed by atoms with van der Waals surface area (Å²) in [6, 6.07) is 8.31. The van der Waals surface area contributed by atoms with Gasteiger partial charge in [-0.25, -0.2) is 0 Å². The van der Waals surface area contributed by atoms with Gasteiger partial charge >= 0.3 is 6.18 Å². The van der Waals surface area contributed by atoms with E-state index in [0.29, 0.717) is 17.2 Å². The van der Waals surface area contributed by atoms with Crippen LogP contribution in [-0.4, -0.2) is 12.7 Å². The van der Waals surface area contributed by atoms with Crippen LogP contribution < -0.4 is 20.5 Å². The highest BCUT2D eigenvalue weighted by Gasteiger charge is 2.34. The number of ether oxygens (including phenoxy) is 2. The standard InChI is InChI=1S/C18H17F3N2O3/c1-10(11-4-2-3-5-12(11)18(19,20)21)6-17(24)23-14-8-16-15(7-13(14)22)25-9-26-16/h2-5,7-8,10H,6,9,22H2,1H3,(H,23,24). The molecule has 0 spiro atoms. The fourth-order valence-electron chi connectivity index (χ4n) is 2.84. The van der Waals surface area contributed by atoms with E-state index >= 15 is 0 Å². The molecule has 0 aromatic heterocycles. The van der Waals surface area contributed by atoms with Crippen molar-refractivity contribution in [2.45, 2.75) is 25.4 Å². The summed E-state index contributed by atoms with van der Waals surface area (Å²) in [5.74, 6) is -0.138. The van der Waals surface area contributed by atoms with Gasteiger partial charge in [0.05, 0.1) is 16.9 Å². The third-order valence-corrected chi connectivity index (χ3v) is 4.11. The summed E-state index contributed by atoms with van der Waals surface area (Å²) in [4.78, 5) is 12.3. The second kappa shape index (κ2) is 6.78. The van der Waals surface area contributed by atoms with Gasteiger partial charge in [-0.05, 0) is 17.5 Å². The predicted molar refractivity (Wildman–Crippen MR) is 90.1 cm³/mol. The number of nitrogen functional groups attached to an aromatic ring is 1. The number of halogens is 3. The Morgan fingerprint density at radius 1 is 1.23 bits per heavy atom. The number of amides is 1. The van der Waals surface area contributed by atoms with Crippen LogP contribution >= 0.6 is 0 Å². The molecule has 1 amide bonds. The molecule has 2 aromatic carbocycles. The Morgan fingerprint density at radius 2 is 1.88 bits per heavy atom. The average Bonchev–Trinajstić information content (AvgIpc) is 3.01. The van der Waals surface area contributed by atoms with E-state index < -0.39 is 23.6 Å². The first kappa shape index (κ1) is 17.9. The molecule has 0 bridgehead atoms. The Bertz CT molecular complexity index is 837. The number of carbonyl (C=O) groups is 1. The Kier molecular flexibility index (Phi) is 4.67. The van der Waals surface area contributed by atoms with Gasteiger partial charge in [-0.15, -0.1) is 0 Å². The predicted octanol–water partition coefficient (Wildman–Crippen LogP) is 4.15. The second-order valence-corrected chi connectivity index (χ2v) is 6.03. The Balaban J connectivity index is 1.73. The SMILES string of the molecule is CC(CC(=O)Nc1cc2c(cc1N)OCO2)c1ccccc1C(F)(F)F. The number of benzene rings is 2. The lowest BCUT2D eigenvalue weighted by molar-refractivity contribution is -0.138. The summed E-state index contributed by atoms with van der Waals surface area (Å²) in [5, 5.41) is 2.62. The molecule has 5 nitrogen and oxygen atoms in total. The van der Waals surface area contributed by atoms with Crippen LogP contribution in [0, 0.1) is 0 Å². The molecule has 1 unspecified atom stereocenters. The van der Waals surface area contributed by atoms with Gasteiger partial charge in [0.15, 0.2) is 11.5 Å². The minimum atomic E-state index is -4.47. The van der Waals surface area contributed by atoms with Crippen LogP contribution in [0.15, 0.2) is 36.4 Å². The lowest BCUT2D eigenvalue weighted by atomic mass is 9.92. The van der Waals surface area contributed by atoms with E-state index in [4.69, 9.17) is 15.2 Å². The molecule has 138 valence electrons. The highest BCUT2D eigenvalue weighted by molar-refractivity contribution is 5.95. The first-order valence-corrected chi connectivity index (χ1v) is 7.91. The molecule has 0 aliphatic carbocycles. The molecule has 3 rings (SSSR count). The zero-order chi connectivity index (χ0) is 18.9. The molecule has 3 N–H and O–H groups in total. The fourth-order valence-corrected chi connectivity index (χ4v) is 2.84. The molecule has 1 atom stereocenters. The van der Waals surface area contributed by atoms with Crippen molar-refractivity contribution in [3.05, 3.63) is 47.5 Å². The average molecular weight is 366 g/mol. The number of hydrogen-bond donors (Lipinski definition) is 2. The van der Waals surface area contributed by atoms with Crippen LogP contribution in [0.4, 0.5) is 24.5 Å². The number of carbonyl (C=O) groups excluding carboxylic acids is 1. The number of hydrogen-bond acceptors (Lipinski definition) is 4. The molecule has 8 heteroatoms. The minimum absolute atomic E-state index is 0.0669. The molecule has 1 aliphatic rings. The molecular weight excluding hydrogens is 349 g/mol. The number of alkyl halides is 3. The van der Waals surface area contributed by atoms with Crippen LogP contribution in [0.25, 0.3) is 0 Å². The maximum atomic E-state index is 13.1. The highest BCUT2D eigenvalue weighted by atomic mass is 19.4. The van der Waals surface area contributed by atoms with E-state index in [1.165, 1.54) is 30.3 Å². The van der Waals surface area contributed by atoms with Gasteiger partial charge in [0.25, 0.3) is 0 Å². The minimum Gasteiger partial charge on any atom is -0.454 e. The van der Waals surface area contributed by atoms with E-state index in [-0.39, 0.29) is 24.5 Å². The summed E-state index contributed by atoms with van der Waals surface area (Å²) < 4.78 is 49.8. The molecule has 0 fully saturated rings. The van der Waals surface area contributed by atoms with Crippen molar-refractivity contribution in [1.29, 1.82) is 0 Å². The number of rotatable bonds is 4. The van der Waals surface area contributed by atoms with Crippen LogP contribution in [-0.2, 0) is 11.0 Å². The molecule has 0 radical (unpaired) electrons. The maximum Gasteiger partial charge on any atom is 0.416 e. The van der Waals surface area contributed by atoms with E-state index in [9.17, 15) is 18.0 Å². The van der Waals surface area contributed by atoms with Gasteiger partial charge in [0.2, 0.25) is 12.7 Å². The zero-order valence-corrected chi connectivity index (χ0v) is 13.9.